The summed E-state index contributed by atoms with van der Waals surface area (Å²) in [4.78, 5) is 0. The Kier molecular flexibility index (Phi) is 3.49. The highest BCUT2D eigenvalue weighted by Crippen LogP contribution is 2.41. The highest BCUT2D eigenvalue weighted by molar-refractivity contribution is 4.90. The zero-order valence-electron chi connectivity index (χ0n) is 10.3. The van der Waals surface area contributed by atoms with Crippen molar-refractivity contribution in [2.75, 3.05) is 19.7 Å². The number of ether oxygens (including phenoxy) is 1. The van der Waals surface area contributed by atoms with Crippen LogP contribution in [-0.4, -0.2) is 25.8 Å². The van der Waals surface area contributed by atoms with Gasteiger partial charge in [0.05, 0.1) is 6.10 Å². The zero-order chi connectivity index (χ0) is 10.8. The van der Waals surface area contributed by atoms with E-state index in [1.54, 1.807) is 0 Å². The molecule has 3 rings (SSSR count). The van der Waals surface area contributed by atoms with Crippen molar-refractivity contribution in [2.24, 2.45) is 17.8 Å². The van der Waals surface area contributed by atoms with E-state index in [2.05, 4.69) is 5.32 Å². The molecule has 0 amide bonds. The van der Waals surface area contributed by atoms with Crippen LogP contribution in [0.1, 0.15) is 44.9 Å². The molecule has 3 atom stereocenters. The first kappa shape index (κ1) is 11.0. The predicted octanol–water partition coefficient (Wildman–Crippen LogP) is 2.58. The van der Waals surface area contributed by atoms with Crippen LogP contribution in [0.5, 0.6) is 0 Å². The van der Waals surface area contributed by atoms with Crippen LogP contribution >= 0.6 is 0 Å². The number of piperidine rings is 1. The maximum Gasteiger partial charge on any atom is 0.0607 e. The molecule has 2 aliphatic heterocycles. The lowest BCUT2D eigenvalue weighted by Gasteiger charge is -2.39. The Bertz CT molecular complexity index is 195. The molecule has 16 heavy (non-hydrogen) atoms. The first-order valence-electron chi connectivity index (χ1n) is 7.27. The van der Waals surface area contributed by atoms with Crippen molar-refractivity contribution in [3.63, 3.8) is 0 Å². The smallest absolute Gasteiger partial charge is 0.0607 e. The van der Waals surface area contributed by atoms with E-state index in [-0.39, 0.29) is 0 Å². The molecule has 3 unspecified atom stereocenters. The van der Waals surface area contributed by atoms with E-state index < -0.39 is 0 Å². The normalized spacial score (nSPS) is 41.6. The Balaban J connectivity index is 1.67. The van der Waals surface area contributed by atoms with Crippen molar-refractivity contribution in [3.05, 3.63) is 0 Å². The van der Waals surface area contributed by atoms with E-state index in [0.717, 1.165) is 24.4 Å². The van der Waals surface area contributed by atoms with Crippen LogP contribution in [0, 0.1) is 17.8 Å². The van der Waals surface area contributed by atoms with Gasteiger partial charge in [-0.15, -0.1) is 0 Å². The van der Waals surface area contributed by atoms with Crippen molar-refractivity contribution in [1.29, 1.82) is 0 Å². The van der Waals surface area contributed by atoms with Gasteiger partial charge in [-0.05, 0) is 50.1 Å². The summed E-state index contributed by atoms with van der Waals surface area (Å²) < 4.78 is 5.95. The highest BCUT2D eigenvalue weighted by Gasteiger charge is 2.38. The van der Waals surface area contributed by atoms with Crippen LogP contribution in [0.4, 0.5) is 0 Å². The second kappa shape index (κ2) is 5.05. The summed E-state index contributed by atoms with van der Waals surface area (Å²) in [6, 6.07) is 0. The maximum absolute atomic E-state index is 5.95. The van der Waals surface area contributed by atoms with E-state index in [4.69, 9.17) is 4.74 Å². The van der Waals surface area contributed by atoms with E-state index in [0.29, 0.717) is 6.10 Å². The molecule has 3 fully saturated rings. The molecule has 2 heteroatoms. The molecule has 2 heterocycles. The van der Waals surface area contributed by atoms with Crippen molar-refractivity contribution in [2.45, 2.75) is 51.0 Å². The quantitative estimate of drug-likeness (QED) is 0.777. The predicted molar refractivity (Wildman–Crippen MR) is 65.4 cm³/mol. The van der Waals surface area contributed by atoms with Crippen molar-refractivity contribution < 1.29 is 4.74 Å². The van der Waals surface area contributed by atoms with Gasteiger partial charge < -0.3 is 10.1 Å². The first-order chi connectivity index (χ1) is 7.95. The highest BCUT2D eigenvalue weighted by atomic mass is 16.5. The van der Waals surface area contributed by atoms with Crippen LogP contribution in [-0.2, 0) is 4.74 Å². The molecule has 0 radical (unpaired) electrons. The van der Waals surface area contributed by atoms with Gasteiger partial charge in [-0.3, -0.25) is 0 Å². The maximum atomic E-state index is 5.95. The van der Waals surface area contributed by atoms with Gasteiger partial charge >= 0.3 is 0 Å². The van der Waals surface area contributed by atoms with Gasteiger partial charge in [-0.2, -0.15) is 0 Å². The van der Waals surface area contributed by atoms with E-state index in [9.17, 15) is 0 Å². The molecule has 0 bridgehead atoms. The summed E-state index contributed by atoms with van der Waals surface area (Å²) in [6.45, 7) is 3.49. The Morgan fingerprint density at radius 2 is 1.75 bits per heavy atom. The molecule has 3 aliphatic rings. The van der Waals surface area contributed by atoms with Crippen LogP contribution < -0.4 is 5.32 Å². The first-order valence-corrected chi connectivity index (χ1v) is 7.27. The average molecular weight is 223 g/mol. The van der Waals surface area contributed by atoms with E-state index >= 15 is 0 Å². The lowest BCUT2D eigenvalue weighted by Crippen LogP contribution is -2.44. The Labute approximate surface area is 99.1 Å². The molecule has 1 N–H and O–H groups in total. The van der Waals surface area contributed by atoms with E-state index in [1.807, 2.05) is 0 Å². The van der Waals surface area contributed by atoms with Crippen LogP contribution in [0.15, 0.2) is 0 Å². The number of rotatable bonds is 2. The monoisotopic (exact) mass is 223 g/mol. The molecule has 1 saturated carbocycles. The summed E-state index contributed by atoms with van der Waals surface area (Å²) >= 11 is 0. The standard InChI is InChI=1S/C14H25NO/c1-2-5-11(4-1)13-10-15-8-7-12(13)14-6-3-9-16-14/h11-15H,1-10H2. The molecule has 2 nitrogen and oxygen atoms in total. The Hall–Kier alpha value is -0.0800. The summed E-state index contributed by atoms with van der Waals surface area (Å²) in [5, 5.41) is 3.61. The largest absolute Gasteiger partial charge is 0.378 e. The molecular formula is C14H25NO. The van der Waals surface area contributed by atoms with Gasteiger partial charge in [0.1, 0.15) is 0 Å². The Morgan fingerprint density at radius 1 is 0.875 bits per heavy atom. The van der Waals surface area contributed by atoms with Crippen LogP contribution in [0.3, 0.4) is 0 Å². The van der Waals surface area contributed by atoms with Gasteiger partial charge in [0.15, 0.2) is 0 Å². The summed E-state index contributed by atoms with van der Waals surface area (Å²) in [7, 11) is 0. The molecule has 0 spiro atoms. The second-order valence-corrected chi connectivity index (χ2v) is 5.92. The lowest BCUT2D eigenvalue weighted by molar-refractivity contribution is 0.00912. The fourth-order valence-corrected chi connectivity index (χ4v) is 4.21. The lowest BCUT2D eigenvalue weighted by atomic mass is 9.74. The minimum atomic E-state index is 0.604. The van der Waals surface area contributed by atoms with Gasteiger partial charge in [0, 0.05) is 6.61 Å². The molecule has 0 aromatic rings. The van der Waals surface area contributed by atoms with Crippen molar-refractivity contribution in [3.8, 4) is 0 Å². The van der Waals surface area contributed by atoms with Gasteiger partial charge in [0.25, 0.3) is 0 Å². The topological polar surface area (TPSA) is 21.3 Å². The minimum Gasteiger partial charge on any atom is -0.378 e. The average Bonchev–Trinajstić information content (AvgIpc) is 3.03. The molecule has 1 aliphatic carbocycles. The molecular weight excluding hydrogens is 198 g/mol. The molecule has 0 aromatic carbocycles. The fourth-order valence-electron chi connectivity index (χ4n) is 4.21. The number of hydrogen-bond donors (Lipinski definition) is 1. The molecule has 2 saturated heterocycles. The second-order valence-electron chi connectivity index (χ2n) is 5.92. The summed E-state index contributed by atoms with van der Waals surface area (Å²) in [5.41, 5.74) is 0. The number of hydrogen-bond acceptors (Lipinski definition) is 2. The third-order valence-corrected chi connectivity index (χ3v) is 5.03. The van der Waals surface area contributed by atoms with Gasteiger partial charge in [0.2, 0.25) is 0 Å². The SMILES string of the molecule is C1CCC(C2CNCCC2C2CCCO2)C1. The third kappa shape index (κ3) is 2.14. The minimum absolute atomic E-state index is 0.604. The summed E-state index contributed by atoms with van der Waals surface area (Å²) in [5.74, 6) is 2.79. The third-order valence-electron chi connectivity index (χ3n) is 5.03. The Morgan fingerprint density at radius 3 is 2.50 bits per heavy atom. The number of nitrogens with one attached hydrogen (secondary N) is 1. The summed E-state index contributed by atoms with van der Waals surface area (Å²) in [6.07, 6.45) is 10.5. The van der Waals surface area contributed by atoms with Crippen molar-refractivity contribution >= 4 is 0 Å². The van der Waals surface area contributed by atoms with E-state index in [1.165, 1.54) is 58.0 Å². The zero-order valence-corrected chi connectivity index (χ0v) is 10.3. The van der Waals surface area contributed by atoms with Crippen LogP contribution in [0.25, 0.3) is 0 Å². The van der Waals surface area contributed by atoms with Crippen LogP contribution in [0.2, 0.25) is 0 Å². The molecule has 0 aromatic heterocycles. The fraction of sp³-hybridized carbons (Fsp3) is 1.00. The van der Waals surface area contributed by atoms with Gasteiger partial charge in [-0.1, -0.05) is 25.7 Å². The van der Waals surface area contributed by atoms with Crippen molar-refractivity contribution in [1.82, 2.24) is 5.32 Å². The van der Waals surface area contributed by atoms with Gasteiger partial charge in [-0.25, -0.2) is 0 Å². The molecule has 92 valence electrons.